The Labute approximate surface area is 89.7 Å². The van der Waals surface area contributed by atoms with Crippen molar-refractivity contribution in [2.75, 3.05) is 7.11 Å². The van der Waals surface area contributed by atoms with Crippen LogP contribution in [0.25, 0.3) is 0 Å². The van der Waals surface area contributed by atoms with Crippen molar-refractivity contribution < 1.29 is 9.53 Å². The van der Waals surface area contributed by atoms with Crippen LogP contribution in [0.4, 0.5) is 0 Å². The van der Waals surface area contributed by atoms with Crippen molar-refractivity contribution in [2.24, 2.45) is 0 Å². The predicted molar refractivity (Wildman–Crippen MR) is 59.8 cm³/mol. The molecule has 0 N–H and O–H groups in total. The van der Waals surface area contributed by atoms with Crippen LogP contribution in [0.1, 0.15) is 34.5 Å². The molecule has 0 spiro atoms. The normalized spacial score (nSPS) is 12.2. The van der Waals surface area contributed by atoms with Crippen molar-refractivity contribution in [2.45, 2.75) is 18.6 Å². The SMILES string of the molecule is CCC(S)c1ccc(C(=O)OC)cc1. The summed E-state index contributed by atoms with van der Waals surface area (Å²) in [7, 11) is 1.38. The highest BCUT2D eigenvalue weighted by Crippen LogP contribution is 2.23. The summed E-state index contributed by atoms with van der Waals surface area (Å²) in [6.45, 7) is 2.08. The fourth-order valence-electron chi connectivity index (χ4n) is 1.19. The lowest BCUT2D eigenvalue weighted by Crippen LogP contribution is -2.01. The molecule has 0 aliphatic carbocycles. The summed E-state index contributed by atoms with van der Waals surface area (Å²) in [4.78, 5) is 11.1. The van der Waals surface area contributed by atoms with Gasteiger partial charge in [-0.3, -0.25) is 0 Å². The zero-order chi connectivity index (χ0) is 10.6. The van der Waals surface area contributed by atoms with E-state index in [0.29, 0.717) is 5.56 Å². The first-order chi connectivity index (χ1) is 6.69. The first-order valence-corrected chi connectivity index (χ1v) is 5.07. The van der Waals surface area contributed by atoms with E-state index in [1.54, 1.807) is 12.1 Å². The van der Waals surface area contributed by atoms with E-state index in [1.807, 2.05) is 12.1 Å². The minimum atomic E-state index is -0.302. The summed E-state index contributed by atoms with van der Waals surface area (Å²) in [6.07, 6.45) is 0.973. The molecule has 0 radical (unpaired) electrons. The van der Waals surface area contributed by atoms with Gasteiger partial charge in [0, 0.05) is 5.25 Å². The second-order valence-corrected chi connectivity index (χ2v) is 3.66. The monoisotopic (exact) mass is 210 g/mol. The number of ether oxygens (including phenoxy) is 1. The van der Waals surface area contributed by atoms with Crippen LogP contribution in [0.15, 0.2) is 24.3 Å². The van der Waals surface area contributed by atoms with E-state index in [9.17, 15) is 4.79 Å². The van der Waals surface area contributed by atoms with E-state index >= 15 is 0 Å². The van der Waals surface area contributed by atoms with Gasteiger partial charge in [0.05, 0.1) is 12.7 Å². The molecular weight excluding hydrogens is 196 g/mol. The molecule has 1 atom stereocenters. The first kappa shape index (κ1) is 11.1. The van der Waals surface area contributed by atoms with Crippen LogP contribution in [0.3, 0.4) is 0 Å². The highest BCUT2D eigenvalue weighted by Gasteiger charge is 2.07. The third-order valence-electron chi connectivity index (χ3n) is 2.10. The van der Waals surface area contributed by atoms with E-state index < -0.39 is 0 Å². The Bertz CT molecular complexity index is 306. The lowest BCUT2D eigenvalue weighted by molar-refractivity contribution is 0.0600. The molecule has 14 heavy (non-hydrogen) atoms. The number of thiol groups is 1. The lowest BCUT2D eigenvalue weighted by atomic mass is 10.1. The first-order valence-electron chi connectivity index (χ1n) is 4.55. The van der Waals surface area contributed by atoms with Crippen molar-refractivity contribution in [3.8, 4) is 0 Å². The van der Waals surface area contributed by atoms with Gasteiger partial charge in [-0.15, -0.1) is 0 Å². The van der Waals surface area contributed by atoms with Crippen LogP contribution in [-0.4, -0.2) is 13.1 Å². The molecule has 1 aromatic rings. The average molecular weight is 210 g/mol. The highest BCUT2D eigenvalue weighted by molar-refractivity contribution is 7.80. The van der Waals surface area contributed by atoms with Crippen LogP contribution >= 0.6 is 12.6 Å². The van der Waals surface area contributed by atoms with Crippen molar-refractivity contribution >= 4 is 18.6 Å². The van der Waals surface area contributed by atoms with Gasteiger partial charge < -0.3 is 4.74 Å². The summed E-state index contributed by atoms with van der Waals surface area (Å²) in [5.74, 6) is -0.302. The number of hydrogen-bond donors (Lipinski definition) is 1. The molecular formula is C11H14O2S. The molecule has 0 aliphatic rings. The van der Waals surface area contributed by atoms with Gasteiger partial charge in [0.25, 0.3) is 0 Å². The standard InChI is InChI=1S/C11H14O2S/c1-3-10(14)8-4-6-9(7-5-8)11(12)13-2/h4-7,10,14H,3H2,1-2H3. The topological polar surface area (TPSA) is 26.3 Å². The van der Waals surface area contributed by atoms with E-state index in [0.717, 1.165) is 12.0 Å². The van der Waals surface area contributed by atoms with Gasteiger partial charge in [-0.25, -0.2) is 4.79 Å². The molecule has 1 unspecified atom stereocenters. The summed E-state index contributed by atoms with van der Waals surface area (Å²) in [5, 5.41) is 0.238. The maximum Gasteiger partial charge on any atom is 0.337 e. The molecule has 1 rings (SSSR count). The fourth-order valence-corrected chi connectivity index (χ4v) is 1.37. The number of rotatable bonds is 3. The molecule has 0 aromatic heterocycles. The minimum absolute atomic E-state index is 0.238. The molecule has 0 amide bonds. The molecule has 1 aromatic carbocycles. The number of benzene rings is 1. The molecule has 0 heterocycles. The molecule has 0 saturated carbocycles. The van der Waals surface area contributed by atoms with Gasteiger partial charge in [-0.05, 0) is 24.1 Å². The number of carbonyl (C=O) groups excluding carboxylic acids is 1. The molecule has 0 saturated heterocycles. The van der Waals surface area contributed by atoms with E-state index in [1.165, 1.54) is 7.11 Å². The van der Waals surface area contributed by atoms with Crippen molar-refractivity contribution in [1.29, 1.82) is 0 Å². The van der Waals surface area contributed by atoms with Crippen LogP contribution in [0.2, 0.25) is 0 Å². The maximum absolute atomic E-state index is 11.1. The summed E-state index contributed by atoms with van der Waals surface area (Å²) >= 11 is 4.41. The Kier molecular flexibility index (Phi) is 4.01. The largest absolute Gasteiger partial charge is 0.465 e. The Hall–Kier alpha value is -0.960. The van der Waals surface area contributed by atoms with Gasteiger partial charge in [0.15, 0.2) is 0 Å². The number of hydrogen-bond acceptors (Lipinski definition) is 3. The van der Waals surface area contributed by atoms with Crippen LogP contribution in [0, 0.1) is 0 Å². The maximum atomic E-state index is 11.1. The Morgan fingerprint density at radius 2 is 2.00 bits per heavy atom. The van der Waals surface area contributed by atoms with Gasteiger partial charge in [-0.1, -0.05) is 19.1 Å². The van der Waals surface area contributed by atoms with Gasteiger partial charge in [0.2, 0.25) is 0 Å². The number of methoxy groups -OCH3 is 1. The summed E-state index contributed by atoms with van der Waals surface area (Å²) < 4.78 is 4.60. The Morgan fingerprint density at radius 1 is 1.43 bits per heavy atom. The third-order valence-corrected chi connectivity index (χ3v) is 2.77. The number of esters is 1. The fraction of sp³-hybridized carbons (Fsp3) is 0.364. The van der Waals surface area contributed by atoms with Gasteiger partial charge >= 0.3 is 5.97 Å². The summed E-state index contributed by atoms with van der Waals surface area (Å²) in [6, 6.07) is 7.35. The smallest absolute Gasteiger partial charge is 0.337 e. The molecule has 3 heteroatoms. The van der Waals surface area contributed by atoms with Crippen molar-refractivity contribution in [3.63, 3.8) is 0 Å². The van der Waals surface area contributed by atoms with E-state index in [4.69, 9.17) is 0 Å². The summed E-state index contributed by atoms with van der Waals surface area (Å²) in [5.41, 5.74) is 1.70. The molecule has 0 aliphatic heterocycles. The highest BCUT2D eigenvalue weighted by atomic mass is 32.1. The Balaban J connectivity index is 2.83. The zero-order valence-electron chi connectivity index (χ0n) is 8.36. The van der Waals surface area contributed by atoms with Gasteiger partial charge in [-0.2, -0.15) is 12.6 Å². The molecule has 0 fully saturated rings. The minimum Gasteiger partial charge on any atom is -0.465 e. The lowest BCUT2D eigenvalue weighted by Gasteiger charge is -2.08. The van der Waals surface area contributed by atoms with Gasteiger partial charge in [0.1, 0.15) is 0 Å². The van der Waals surface area contributed by atoms with E-state index in [2.05, 4.69) is 24.3 Å². The predicted octanol–water partition coefficient (Wildman–Crippen LogP) is 2.85. The van der Waals surface area contributed by atoms with Crippen LogP contribution in [-0.2, 0) is 4.74 Å². The number of carbonyl (C=O) groups is 1. The van der Waals surface area contributed by atoms with Crippen molar-refractivity contribution in [3.05, 3.63) is 35.4 Å². The quantitative estimate of drug-likeness (QED) is 0.613. The van der Waals surface area contributed by atoms with Crippen LogP contribution in [0.5, 0.6) is 0 Å². The molecule has 0 bridgehead atoms. The van der Waals surface area contributed by atoms with Crippen LogP contribution < -0.4 is 0 Å². The molecule has 2 nitrogen and oxygen atoms in total. The van der Waals surface area contributed by atoms with Crippen molar-refractivity contribution in [1.82, 2.24) is 0 Å². The average Bonchev–Trinajstić information content (AvgIpc) is 2.27. The third kappa shape index (κ3) is 2.51. The molecule has 76 valence electrons. The Morgan fingerprint density at radius 3 is 2.43 bits per heavy atom. The second-order valence-electron chi connectivity index (χ2n) is 3.04. The second kappa shape index (κ2) is 5.05. The van der Waals surface area contributed by atoms with E-state index in [-0.39, 0.29) is 11.2 Å². The zero-order valence-corrected chi connectivity index (χ0v) is 9.25.